The maximum Gasteiger partial charge on any atom is 0.115 e. The summed E-state index contributed by atoms with van der Waals surface area (Å²) >= 11 is 4.47. The molecule has 4 heteroatoms. The van der Waals surface area contributed by atoms with E-state index in [4.69, 9.17) is 0 Å². The summed E-state index contributed by atoms with van der Waals surface area (Å²) in [5.74, 6) is 0. The lowest BCUT2D eigenvalue weighted by molar-refractivity contribution is 0.811. The molecule has 1 rings (SSSR count). The van der Waals surface area contributed by atoms with Crippen LogP contribution in [0.4, 0.5) is 0 Å². The van der Waals surface area contributed by atoms with Crippen molar-refractivity contribution >= 4 is 17.4 Å². The van der Waals surface area contributed by atoms with E-state index in [-0.39, 0.29) is 6.04 Å². The van der Waals surface area contributed by atoms with E-state index in [1.54, 1.807) is 12.4 Å². The molecule has 0 N–H and O–H groups in total. The van der Waals surface area contributed by atoms with Gasteiger partial charge in [0.25, 0.3) is 0 Å². The predicted octanol–water partition coefficient (Wildman–Crippen LogP) is 1.64. The van der Waals surface area contributed by atoms with Crippen molar-refractivity contribution in [1.29, 1.82) is 0 Å². The largest absolute Gasteiger partial charge is 0.244 e. The van der Waals surface area contributed by atoms with Gasteiger partial charge in [0.15, 0.2) is 0 Å². The predicted molar refractivity (Wildman–Crippen MR) is 45.5 cm³/mol. The quantitative estimate of drug-likeness (QED) is 0.494. The van der Waals surface area contributed by atoms with Crippen molar-refractivity contribution in [3.8, 4) is 0 Å². The van der Waals surface area contributed by atoms with Crippen LogP contribution in [0.1, 0.15) is 18.5 Å². The van der Waals surface area contributed by atoms with E-state index in [9.17, 15) is 0 Å². The third kappa shape index (κ3) is 2.18. The number of hydrogen-bond acceptors (Lipinski definition) is 4. The molecule has 0 saturated carbocycles. The van der Waals surface area contributed by atoms with E-state index in [1.165, 1.54) is 6.33 Å². The molecule has 0 saturated heterocycles. The zero-order valence-corrected chi connectivity index (χ0v) is 6.88. The van der Waals surface area contributed by atoms with E-state index in [0.717, 1.165) is 5.56 Å². The molecule has 1 aromatic rings. The van der Waals surface area contributed by atoms with Crippen molar-refractivity contribution < 1.29 is 0 Å². The Morgan fingerprint density at radius 1 is 1.55 bits per heavy atom. The maximum absolute atomic E-state index is 4.47. The van der Waals surface area contributed by atoms with Crippen LogP contribution in [-0.4, -0.2) is 15.1 Å². The molecule has 56 valence electrons. The fraction of sp³-hybridized carbons (Fsp3) is 0.286. The van der Waals surface area contributed by atoms with Crippen LogP contribution in [0.25, 0.3) is 0 Å². The number of thiocarbonyl (C=S) groups is 1. The van der Waals surface area contributed by atoms with Crippen LogP contribution < -0.4 is 0 Å². The number of aromatic nitrogens is 2. The lowest BCUT2D eigenvalue weighted by Gasteiger charge is -2.00. The fourth-order valence-corrected chi connectivity index (χ4v) is 0.838. The summed E-state index contributed by atoms with van der Waals surface area (Å²) in [6.07, 6.45) is 4.92. The number of aliphatic imine (C=N–C) groups is 1. The van der Waals surface area contributed by atoms with Crippen molar-refractivity contribution in [2.45, 2.75) is 13.0 Å². The Bertz CT molecular complexity index is 266. The standard InChI is InChI=1S/C7H7N3S/c1-6(10-5-11)7-2-8-4-9-3-7/h2-4,6H,1H3/t6-/m0/s1. The monoisotopic (exact) mass is 165 g/mol. The van der Waals surface area contributed by atoms with E-state index in [1.807, 2.05) is 6.92 Å². The molecule has 3 nitrogen and oxygen atoms in total. The molecule has 0 aliphatic carbocycles. The Kier molecular flexibility index (Phi) is 2.83. The minimum atomic E-state index is 0.00806. The van der Waals surface area contributed by atoms with Gasteiger partial charge in [-0.25, -0.2) is 15.0 Å². The smallest absolute Gasteiger partial charge is 0.115 e. The summed E-state index contributed by atoms with van der Waals surface area (Å²) in [5, 5.41) is 2.32. The molecule has 0 fully saturated rings. The average molecular weight is 165 g/mol. The van der Waals surface area contributed by atoms with Crippen molar-refractivity contribution in [3.05, 3.63) is 24.3 Å². The number of isothiocyanates is 1. The van der Waals surface area contributed by atoms with Gasteiger partial charge in [-0.05, 0) is 19.1 Å². The van der Waals surface area contributed by atoms with Crippen LogP contribution in [0.2, 0.25) is 0 Å². The van der Waals surface area contributed by atoms with Crippen molar-refractivity contribution in [2.75, 3.05) is 0 Å². The molecule has 0 unspecified atom stereocenters. The number of hydrogen-bond donors (Lipinski definition) is 0. The van der Waals surface area contributed by atoms with E-state index >= 15 is 0 Å². The second-order valence-corrected chi connectivity index (χ2v) is 2.25. The normalized spacial score (nSPS) is 11.7. The lowest BCUT2D eigenvalue weighted by Crippen LogP contribution is -1.90. The Hall–Kier alpha value is -1.12. The molecular weight excluding hydrogens is 158 g/mol. The summed E-state index contributed by atoms with van der Waals surface area (Å²) in [6, 6.07) is 0.00806. The minimum absolute atomic E-state index is 0.00806. The second kappa shape index (κ2) is 3.91. The van der Waals surface area contributed by atoms with Gasteiger partial charge in [-0.15, -0.1) is 0 Å². The highest BCUT2D eigenvalue weighted by Crippen LogP contribution is 2.12. The fourth-order valence-electron chi connectivity index (χ4n) is 0.680. The first kappa shape index (κ1) is 7.98. The van der Waals surface area contributed by atoms with Crippen LogP contribution in [0, 0.1) is 0 Å². The Morgan fingerprint density at radius 3 is 2.73 bits per heavy atom. The van der Waals surface area contributed by atoms with Crippen molar-refractivity contribution in [3.63, 3.8) is 0 Å². The molecule has 11 heavy (non-hydrogen) atoms. The summed E-state index contributed by atoms with van der Waals surface area (Å²) in [4.78, 5) is 11.6. The summed E-state index contributed by atoms with van der Waals surface area (Å²) in [6.45, 7) is 1.91. The van der Waals surface area contributed by atoms with E-state index in [2.05, 4.69) is 32.3 Å². The SMILES string of the molecule is C[C@H](N=C=S)c1cncnc1. The highest BCUT2D eigenvalue weighted by Gasteiger charge is 2.00. The molecule has 0 amide bonds. The van der Waals surface area contributed by atoms with Gasteiger partial charge in [0, 0.05) is 18.0 Å². The van der Waals surface area contributed by atoms with Crippen molar-refractivity contribution in [2.24, 2.45) is 4.99 Å². The van der Waals surface area contributed by atoms with E-state index < -0.39 is 0 Å². The van der Waals surface area contributed by atoms with Gasteiger partial charge < -0.3 is 0 Å². The van der Waals surface area contributed by atoms with Crippen LogP contribution in [0.3, 0.4) is 0 Å². The summed E-state index contributed by atoms with van der Waals surface area (Å²) in [7, 11) is 0. The Balaban J connectivity index is 2.84. The van der Waals surface area contributed by atoms with Gasteiger partial charge in [0.05, 0.1) is 11.2 Å². The first-order chi connectivity index (χ1) is 5.34. The molecule has 0 radical (unpaired) electrons. The van der Waals surface area contributed by atoms with Gasteiger partial charge in [0.1, 0.15) is 6.33 Å². The molecule has 0 aliphatic rings. The van der Waals surface area contributed by atoms with Gasteiger partial charge in [0.2, 0.25) is 0 Å². The minimum Gasteiger partial charge on any atom is -0.244 e. The molecule has 0 aromatic carbocycles. The zero-order valence-electron chi connectivity index (χ0n) is 6.06. The second-order valence-electron chi connectivity index (χ2n) is 2.07. The third-order valence-electron chi connectivity index (χ3n) is 1.31. The van der Waals surface area contributed by atoms with Gasteiger partial charge in [-0.2, -0.15) is 0 Å². The van der Waals surface area contributed by atoms with Crippen LogP contribution in [-0.2, 0) is 0 Å². The van der Waals surface area contributed by atoms with Crippen LogP contribution >= 0.6 is 12.2 Å². The molecule has 0 spiro atoms. The Morgan fingerprint density at radius 2 is 2.18 bits per heavy atom. The zero-order chi connectivity index (χ0) is 8.10. The first-order valence-electron chi connectivity index (χ1n) is 3.16. The van der Waals surface area contributed by atoms with Crippen LogP contribution in [0.15, 0.2) is 23.7 Å². The topological polar surface area (TPSA) is 38.1 Å². The summed E-state index contributed by atoms with van der Waals surface area (Å²) in [5.41, 5.74) is 0.949. The molecule has 1 aromatic heterocycles. The van der Waals surface area contributed by atoms with Gasteiger partial charge >= 0.3 is 0 Å². The third-order valence-corrected chi connectivity index (χ3v) is 1.41. The maximum atomic E-state index is 4.47. The van der Waals surface area contributed by atoms with E-state index in [0.29, 0.717) is 0 Å². The highest BCUT2D eigenvalue weighted by molar-refractivity contribution is 7.78. The first-order valence-corrected chi connectivity index (χ1v) is 3.57. The molecule has 1 heterocycles. The summed E-state index contributed by atoms with van der Waals surface area (Å²) < 4.78 is 0. The Labute approximate surface area is 70.2 Å². The number of rotatable bonds is 2. The van der Waals surface area contributed by atoms with Gasteiger partial charge in [-0.3, -0.25) is 0 Å². The molecular formula is C7H7N3S. The lowest BCUT2D eigenvalue weighted by atomic mass is 10.2. The van der Waals surface area contributed by atoms with Gasteiger partial charge in [-0.1, -0.05) is 0 Å². The molecule has 1 atom stereocenters. The number of nitrogens with zero attached hydrogens (tertiary/aromatic N) is 3. The van der Waals surface area contributed by atoms with Crippen molar-refractivity contribution in [1.82, 2.24) is 9.97 Å². The molecule has 0 bridgehead atoms. The molecule has 0 aliphatic heterocycles. The van der Waals surface area contributed by atoms with Crippen LogP contribution in [0.5, 0.6) is 0 Å². The average Bonchev–Trinajstić information content (AvgIpc) is 2.07. The highest BCUT2D eigenvalue weighted by atomic mass is 32.1.